The number of carbonyl (C=O) groups is 1. The smallest absolute Gasteiger partial charge is 0.253 e. The van der Waals surface area contributed by atoms with Crippen LogP contribution in [0.3, 0.4) is 0 Å². The van der Waals surface area contributed by atoms with Crippen LogP contribution in [0.2, 0.25) is 0 Å². The predicted molar refractivity (Wildman–Crippen MR) is 129 cm³/mol. The maximum atomic E-state index is 12.4. The van der Waals surface area contributed by atoms with Crippen LogP contribution in [0.5, 0.6) is 0 Å². The van der Waals surface area contributed by atoms with Gasteiger partial charge in [0.1, 0.15) is 11.6 Å². The molecule has 0 saturated heterocycles. The van der Waals surface area contributed by atoms with Gasteiger partial charge in [0.25, 0.3) is 5.56 Å². The van der Waals surface area contributed by atoms with Crippen LogP contribution in [0.15, 0.2) is 81.8 Å². The zero-order valence-electron chi connectivity index (χ0n) is 17.5. The number of thioether (sulfide) groups is 2. The number of rotatable bonds is 9. The summed E-state index contributed by atoms with van der Waals surface area (Å²) in [5, 5.41) is 12.5. The van der Waals surface area contributed by atoms with Crippen LogP contribution in [-0.4, -0.2) is 36.4 Å². The van der Waals surface area contributed by atoms with Crippen molar-refractivity contribution in [2.45, 2.75) is 22.6 Å². The molecule has 0 unspecified atom stereocenters. The van der Waals surface area contributed by atoms with E-state index in [9.17, 15) is 9.59 Å². The van der Waals surface area contributed by atoms with Gasteiger partial charge < -0.3 is 16.0 Å². The first kappa shape index (κ1) is 22.6. The summed E-state index contributed by atoms with van der Waals surface area (Å²) in [5.41, 5.74) is 7.26. The number of anilines is 1. The highest BCUT2D eigenvalue weighted by atomic mass is 32.2. The second kappa shape index (κ2) is 10.8. The van der Waals surface area contributed by atoms with E-state index in [0.717, 1.165) is 11.3 Å². The van der Waals surface area contributed by atoms with Gasteiger partial charge in [0.15, 0.2) is 10.3 Å². The molecule has 4 aromatic rings. The molecule has 0 bridgehead atoms. The molecule has 0 radical (unpaired) electrons. The molecule has 2 aromatic heterocycles. The number of para-hydroxylation sites is 1. The average molecular weight is 480 g/mol. The predicted octanol–water partition coefficient (Wildman–Crippen LogP) is 2.63. The number of amides is 1. The molecule has 0 saturated carbocycles. The van der Waals surface area contributed by atoms with Crippen LogP contribution in [-0.2, 0) is 17.1 Å². The molecule has 4 rings (SSSR count). The summed E-state index contributed by atoms with van der Waals surface area (Å²) in [7, 11) is 0. The van der Waals surface area contributed by atoms with Crippen molar-refractivity contribution < 1.29 is 4.79 Å². The number of nitrogens with two attached hydrogens (primary N) is 1. The van der Waals surface area contributed by atoms with E-state index in [-0.39, 0.29) is 23.0 Å². The monoisotopic (exact) mass is 479 g/mol. The second-order valence-electron chi connectivity index (χ2n) is 6.88. The van der Waals surface area contributed by atoms with Crippen LogP contribution in [0, 0.1) is 0 Å². The lowest BCUT2D eigenvalue weighted by atomic mass is 10.2. The summed E-state index contributed by atoms with van der Waals surface area (Å²) in [6, 6.07) is 20.6. The maximum absolute atomic E-state index is 12.4. The standard InChI is InChI=1S/C22H21N7O2S2/c23-17-11-19(30)26-21(25-17)32-13-18-27-28-22(29(18)16-9-5-2-6-10-16)33-14-20(31)24-12-15-7-3-1-4-8-15/h1-11H,12-14H2,(H,24,31)(H3,23,25,26,30). The average Bonchev–Trinajstić information content (AvgIpc) is 3.23. The molecule has 11 heteroatoms. The molecule has 0 aliphatic carbocycles. The minimum Gasteiger partial charge on any atom is -0.383 e. The molecule has 168 valence electrons. The first-order chi connectivity index (χ1) is 16.1. The maximum Gasteiger partial charge on any atom is 0.253 e. The minimum atomic E-state index is -0.313. The highest BCUT2D eigenvalue weighted by Gasteiger charge is 2.16. The van der Waals surface area contributed by atoms with E-state index in [0.29, 0.717) is 28.4 Å². The highest BCUT2D eigenvalue weighted by Crippen LogP contribution is 2.25. The van der Waals surface area contributed by atoms with Crippen molar-refractivity contribution in [3.8, 4) is 5.69 Å². The first-order valence-corrected chi connectivity index (χ1v) is 12.0. The number of aromatic amines is 1. The number of hydrogen-bond donors (Lipinski definition) is 3. The molecule has 1 amide bonds. The van der Waals surface area contributed by atoms with Gasteiger partial charge in [0.05, 0.1) is 11.5 Å². The molecule has 33 heavy (non-hydrogen) atoms. The summed E-state index contributed by atoms with van der Waals surface area (Å²) in [4.78, 5) is 30.8. The van der Waals surface area contributed by atoms with Crippen molar-refractivity contribution in [3.63, 3.8) is 0 Å². The molecule has 2 aromatic carbocycles. The molecule has 0 aliphatic rings. The third kappa shape index (κ3) is 6.24. The molecule has 2 heterocycles. The summed E-state index contributed by atoms with van der Waals surface area (Å²) in [6.45, 7) is 0.471. The largest absolute Gasteiger partial charge is 0.383 e. The van der Waals surface area contributed by atoms with Crippen LogP contribution >= 0.6 is 23.5 Å². The van der Waals surface area contributed by atoms with Crippen LogP contribution < -0.4 is 16.6 Å². The molecule has 9 nitrogen and oxygen atoms in total. The first-order valence-electron chi connectivity index (χ1n) is 10.0. The Labute approximate surface area is 198 Å². The van der Waals surface area contributed by atoms with Gasteiger partial charge in [0.2, 0.25) is 5.91 Å². The number of nitrogen functional groups attached to an aromatic ring is 1. The lowest BCUT2D eigenvalue weighted by Crippen LogP contribution is -2.24. The third-order valence-electron chi connectivity index (χ3n) is 4.46. The Balaban J connectivity index is 1.46. The van der Waals surface area contributed by atoms with Crippen LogP contribution in [0.1, 0.15) is 11.4 Å². The number of nitrogens with zero attached hydrogens (tertiary/aromatic N) is 4. The third-order valence-corrected chi connectivity index (χ3v) is 6.26. The zero-order valence-corrected chi connectivity index (χ0v) is 19.1. The van der Waals surface area contributed by atoms with Gasteiger partial charge in [-0.25, -0.2) is 4.98 Å². The summed E-state index contributed by atoms with van der Waals surface area (Å²) >= 11 is 2.60. The lowest BCUT2D eigenvalue weighted by Gasteiger charge is -2.10. The van der Waals surface area contributed by atoms with Crippen molar-refractivity contribution >= 4 is 35.2 Å². The van der Waals surface area contributed by atoms with E-state index in [1.807, 2.05) is 65.2 Å². The zero-order chi connectivity index (χ0) is 23.0. The minimum absolute atomic E-state index is 0.0936. The molecule has 0 spiro atoms. The van der Waals surface area contributed by atoms with Crippen molar-refractivity contribution in [1.82, 2.24) is 30.0 Å². The Morgan fingerprint density at radius 1 is 1.03 bits per heavy atom. The normalized spacial score (nSPS) is 10.8. The van der Waals surface area contributed by atoms with Crippen molar-refractivity contribution in [3.05, 3.63) is 88.5 Å². The lowest BCUT2D eigenvalue weighted by molar-refractivity contribution is -0.118. The van der Waals surface area contributed by atoms with Gasteiger partial charge in [0, 0.05) is 18.3 Å². The highest BCUT2D eigenvalue weighted by molar-refractivity contribution is 7.99. The number of hydrogen-bond acceptors (Lipinski definition) is 8. The van der Waals surface area contributed by atoms with Crippen molar-refractivity contribution in [2.75, 3.05) is 11.5 Å². The molecule has 0 aliphatic heterocycles. The number of nitrogens with one attached hydrogen (secondary N) is 2. The number of benzene rings is 2. The summed E-state index contributed by atoms with van der Waals surface area (Å²) < 4.78 is 1.90. The van der Waals surface area contributed by atoms with E-state index < -0.39 is 0 Å². The van der Waals surface area contributed by atoms with E-state index >= 15 is 0 Å². The Morgan fingerprint density at radius 3 is 2.48 bits per heavy atom. The summed E-state index contributed by atoms with van der Waals surface area (Å²) in [5.74, 6) is 1.32. The van der Waals surface area contributed by atoms with Crippen LogP contribution in [0.25, 0.3) is 5.69 Å². The fraction of sp³-hybridized carbons (Fsp3) is 0.136. The van der Waals surface area contributed by atoms with Gasteiger partial charge in [-0.3, -0.25) is 14.2 Å². The Bertz CT molecular complexity index is 1280. The molecule has 4 N–H and O–H groups in total. The summed E-state index contributed by atoms with van der Waals surface area (Å²) in [6.07, 6.45) is 0. The van der Waals surface area contributed by atoms with Gasteiger partial charge in [-0.2, -0.15) is 0 Å². The van der Waals surface area contributed by atoms with Crippen molar-refractivity contribution in [2.24, 2.45) is 0 Å². The molecular formula is C22H21N7O2S2. The number of aromatic nitrogens is 5. The van der Waals surface area contributed by atoms with E-state index in [1.165, 1.54) is 29.6 Å². The Hall–Kier alpha value is -3.57. The quantitative estimate of drug-likeness (QED) is 0.247. The number of H-pyrrole nitrogens is 1. The van der Waals surface area contributed by atoms with E-state index in [1.54, 1.807) is 0 Å². The Kier molecular flexibility index (Phi) is 7.43. The number of carbonyl (C=O) groups excluding carboxylic acids is 1. The second-order valence-corrected chi connectivity index (χ2v) is 8.79. The molecule has 0 fully saturated rings. The topological polar surface area (TPSA) is 132 Å². The molecule has 0 atom stereocenters. The van der Waals surface area contributed by atoms with Gasteiger partial charge in [-0.05, 0) is 17.7 Å². The molecular weight excluding hydrogens is 458 g/mol. The SMILES string of the molecule is Nc1cc(=O)[nH]c(SCc2nnc(SCC(=O)NCc3ccccc3)n2-c2ccccc2)n1. The van der Waals surface area contributed by atoms with Gasteiger partial charge in [-0.1, -0.05) is 72.1 Å². The van der Waals surface area contributed by atoms with Gasteiger partial charge >= 0.3 is 0 Å². The van der Waals surface area contributed by atoms with Gasteiger partial charge in [-0.15, -0.1) is 10.2 Å². The van der Waals surface area contributed by atoms with Crippen molar-refractivity contribution in [1.29, 1.82) is 0 Å². The fourth-order valence-corrected chi connectivity index (χ4v) is 4.55. The van der Waals surface area contributed by atoms with E-state index in [2.05, 4.69) is 25.5 Å². The van der Waals surface area contributed by atoms with Crippen LogP contribution in [0.4, 0.5) is 5.82 Å². The Morgan fingerprint density at radius 2 is 1.76 bits per heavy atom. The fourth-order valence-electron chi connectivity index (χ4n) is 2.96. The van der Waals surface area contributed by atoms with E-state index in [4.69, 9.17) is 5.73 Å².